The summed E-state index contributed by atoms with van der Waals surface area (Å²) >= 11 is 0. The molecule has 1 atom stereocenters. The molecule has 32 heavy (non-hydrogen) atoms. The zero-order valence-electron chi connectivity index (χ0n) is 16.3. The molecule has 0 saturated heterocycles. The van der Waals surface area contributed by atoms with Gasteiger partial charge in [-0.15, -0.1) is 0 Å². The Hall–Kier alpha value is -3.57. The molecule has 1 unspecified atom stereocenters. The van der Waals surface area contributed by atoms with E-state index in [4.69, 9.17) is 4.42 Å². The van der Waals surface area contributed by atoms with Crippen molar-refractivity contribution in [3.05, 3.63) is 75.8 Å². The molecule has 12 heteroatoms. The van der Waals surface area contributed by atoms with Crippen LogP contribution in [0, 0.1) is 0 Å². The average Bonchev–Trinajstić information content (AvgIpc) is 3.25. The number of aromatic nitrogens is 2. The van der Waals surface area contributed by atoms with Crippen molar-refractivity contribution in [1.29, 1.82) is 0 Å². The zero-order chi connectivity index (χ0) is 23.7. The lowest BCUT2D eigenvalue weighted by Crippen LogP contribution is -2.35. The van der Waals surface area contributed by atoms with Gasteiger partial charge >= 0.3 is 12.4 Å². The highest BCUT2D eigenvalue weighted by molar-refractivity contribution is 5.94. The van der Waals surface area contributed by atoms with E-state index in [1.165, 1.54) is 25.3 Å². The lowest BCUT2D eigenvalue weighted by atomic mass is 10.0. The number of halogens is 6. The van der Waals surface area contributed by atoms with Crippen molar-refractivity contribution in [1.82, 2.24) is 15.1 Å². The Morgan fingerprint density at radius 3 is 2.22 bits per heavy atom. The van der Waals surface area contributed by atoms with Gasteiger partial charge in [0.2, 0.25) is 0 Å². The highest BCUT2D eigenvalue weighted by Gasteiger charge is 2.37. The number of nitrogens with one attached hydrogen (secondary N) is 1. The van der Waals surface area contributed by atoms with Gasteiger partial charge < -0.3 is 9.73 Å². The molecule has 170 valence electrons. The molecule has 0 radical (unpaired) electrons. The standard InChI is InChI=1S/C20H15F6N3O3/c1-11(29-17(30)5-4-15(28-29)16-3-2-6-32-16)10-27-18(31)12-7-13(19(21,22)23)9-14(8-12)20(24,25)26/h2-9,11H,10H2,1H3,(H,27,31). The third kappa shape index (κ3) is 5.18. The smallest absolute Gasteiger partial charge is 0.416 e. The molecule has 0 saturated carbocycles. The van der Waals surface area contributed by atoms with Gasteiger partial charge in [-0.2, -0.15) is 31.4 Å². The summed E-state index contributed by atoms with van der Waals surface area (Å²) < 4.78 is 84.1. The first-order valence-electron chi connectivity index (χ1n) is 9.07. The Morgan fingerprint density at radius 2 is 1.69 bits per heavy atom. The molecule has 3 aromatic rings. The van der Waals surface area contributed by atoms with Gasteiger partial charge in [-0.1, -0.05) is 0 Å². The van der Waals surface area contributed by atoms with Crippen LogP contribution in [-0.2, 0) is 12.4 Å². The van der Waals surface area contributed by atoms with Crippen molar-refractivity contribution < 1.29 is 35.6 Å². The lowest BCUT2D eigenvalue weighted by Gasteiger charge is -2.17. The minimum atomic E-state index is -5.08. The van der Waals surface area contributed by atoms with E-state index >= 15 is 0 Å². The quantitative estimate of drug-likeness (QED) is 0.569. The fourth-order valence-electron chi connectivity index (χ4n) is 2.81. The molecule has 1 amide bonds. The zero-order valence-corrected chi connectivity index (χ0v) is 16.3. The van der Waals surface area contributed by atoms with Gasteiger partial charge in [-0.05, 0) is 43.3 Å². The van der Waals surface area contributed by atoms with Crippen LogP contribution < -0.4 is 10.9 Å². The topological polar surface area (TPSA) is 77.1 Å². The number of hydrogen-bond donors (Lipinski definition) is 1. The third-order valence-corrected chi connectivity index (χ3v) is 4.42. The predicted octanol–water partition coefficient (Wildman–Crippen LogP) is 4.53. The van der Waals surface area contributed by atoms with E-state index in [0.29, 0.717) is 23.6 Å². The van der Waals surface area contributed by atoms with Crippen molar-refractivity contribution in [2.45, 2.75) is 25.3 Å². The SMILES string of the molecule is CC(CNC(=O)c1cc(C(F)(F)F)cc(C(F)(F)F)c1)n1nc(-c2ccco2)ccc1=O. The number of furan rings is 1. The van der Waals surface area contributed by atoms with Gasteiger partial charge in [0.15, 0.2) is 5.76 Å². The maximum Gasteiger partial charge on any atom is 0.416 e. The second kappa shape index (κ2) is 8.52. The molecule has 0 aliphatic carbocycles. The largest absolute Gasteiger partial charge is 0.463 e. The fraction of sp³-hybridized carbons (Fsp3) is 0.250. The van der Waals surface area contributed by atoms with Crippen LogP contribution in [0.2, 0.25) is 0 Å². The first kappa shape index (κ1) is 23.1. The summed E-state index contributed by atoms with van der Waals surface area (Å²) in [6.45, 7) is 1.21. The second-order valence-corrected chi connectivity index (χ2v) is 6.83. The predicted molar refractivity (Wildman–Crippen MR) is 99.7 cm³/mol. The van der Waals surface area contributed by atoms with Crippen LogP contribution in [0.5, 0.6) is 0 Å². The number of carbonyl (C=O) groups excluding carboxylic acids is 1. The molecule has 0 fully saturated rings. The van der Waals surface area contributed by atoms with Gasteiger partial charge in [-0.25, -0.2) is 4.68 Å². The average molecular weight is 459 g/mol. The molecule has 0 aliphatic rings. The van der Waals surface area contributed by atoms with E-state index in [-0.39, 0.29) is 12.6 Å². The van der Waals surface area contributed by atoms with Crippen molar-refractivity contribution in [2.75, 3.05) is 6.54 Å². The lowest BCUT2D eigenvalue weighted by molar-refractivity contribution is -0.143. The molecule has 1 aromatic carbocycles. The number of carbonyl (C=O) groups is 1. The monoisotopic (exact) mass is 459 g/mol. The Labute approximate surface area is 176 Å². The summed E-state index contributed by atoms with van der Waals surface area (Å²) in [4.78, 5) is 24.4. The van der Waals surface area contributed by atoms with Crippen molar-refractivity contribution in [2.24, 2.45) is 0 Å². The number of hydrogen-bond acceptors (Lipinski definition) is 4. The number of nitrogens with zero attached hydrogens (tertiary/aromatic N) is 2. The Morgan fingerprint density at radius 1 is 1.06 bits per heavy atom. The number of amides is 1. The number of rotatable bonds is 5. The highest BCUT2D eigenvalue weighted by atomic mass is 19.4. The first-order chi connectivity index (χ1) is 14.9. The van der Waals surface area contributed by atoms with E-state index in [1.807, 2.05) is 0 Å². The number of alkyl halides is 6. The summed E-state index contributed by atoms with van der Waals surface area (Å²) in [5, 5.41) is 6.36. The van der Waals surface area contributed by atoms with E-state index in [2.05, 4.69) is 10.4 Å². The molecule has 0 spiro atoms. The maximum absolute atomic E-state index is 13.0. The molecular formula is C20H15F6N3O3. The van der Waals surface area contributed by atoms with Gasteiger partial charge in [0.05, 0.1) is 23.4 Å². The molecule has 2 heterocycles. The van der Waals surface area contributed by atoms with Crippen LogP contribution in [0.4, 0.5) is 26.3 Å². The van der Waals surface area contributed by atoms with Gasteiger partial charge in [-0.3, -0.25) is 9.59 Å². The van der Waals surface area contributed by atoms with E-state index < -0.39 is 46.6 Å². The fourth-order valence-corrected chi connectivity index (χ4v) is 2.81. The van der Waals surface area contributed by atoms with E-state index in [9.17, 15) is 35.9 Å². The van der Waals surface area contributed by atoms with Crippen molar-refractivity contribution in [3.8, 4) is 11.5 Å². The maximum atomic E-state index is 13.0. The summed E-state index contributed by atoms with van der Waals surface area (Å²) in [6.07, 6.45) is -8.75. The summed E-state index contributed by atoms with van der Waals surface area (Å²) in [6, 6.07) is 5.68. The van der Waals surface area contributed by atoms with Crippen LogP contribution >= 0.6 is 0 Å². The van der Waals surface area contributed by atoms with Crippen LogP contribution in [0.3, 0.4) is 0 Å². The minimum Gasteiger partial charge on any atom is -0.463 e. The summed E-state index contributed by atoms with van der Waals surface area (Å²) in [5.41, 5.74) is -4.23. The Kier molecular flexibility index (Phi) is 6.15. The van der Waals surface area contributed by atoms with Gasteiger partial charge in [0.25, 0.3) is 11.5 Å². The van der Waals surface area contributed by atoms with E-state index in [1.54, 1.807) is 12.1 Å². The van der Waals surface area contributed by atoms with Crippen LogP contribution in [0.25, 0.3) is 11.5 Å². The molecule has 1 N–H and O–H groups in total. The molecule has 2 aromatic heterocycles. The summed E-state index contributed by atoms with van der Waals surface area (Å²) in [5.74, 6) is -0.790. The Balaban J connectivity index is 1.81. The second-order valence-electron chi connectivity index (χ2n) is 6.83. The van der Waals surface area contributed by atoms with Gasteiger partial charge in [0.1, 0.15) is 5.69 Å². The summed E-state index contributed by atoms with van der Waals surface area (Å²) in [7, 11) is 0. The van der Waals surface area contributed by atoms with Crippen molar-refractivity contribution in [3.63, 3.8) is 0 Å². The first-order valence-corrected chi connectivity index (χ1v) is 9.07. The molecule has 3 rings (SSSR count). The van der Waals surface area contributed by atoms with Crippen LogP contribution in [0.1, 0.15) is 34.5 Å². The molecular weight excluding hydrogens is 444 g/mol. The minimum absolute atomic E-state index is 0.0665. The normalized spacial score (nSPS) is 13.1. The van der Waals surface area contributed by atoms with Gasteiger partial charge in [0, 0.05) is 18.2 Å². The van der Waals surface area contributed by atoms with Crippen LogP contribution in [0.15, 0.2) is 57.9 Å². The van der Waals surface area contributed by atoms with Crippen molar-refractivity contribution >= 4 is 5.91 Å². The Bertz CT molecular complexity index is 1130. The molecule has 0 bridgehead atoms. The van der Waals surface area contributed by atoms with Crippen LogP contribution in [-0.4, -0.2) is 22.2 Å². The highest BCUT2D eigenvalue weighted by Crippen LogP contribution is 2.36. The van der Waals surface area contributed by atoms with E-state index in [0.717, 1.165) is 4.68 Å². The third-order valence-electron chi connectivity index (χ3n) is 4.42. The molecule has 6 nitrogen and oxygen atoms in total. The number of benzene rings is 1. The molecule has 0 aliphatic heterocycles.